The molecule has 2 N–H and O–H groups in total. The molecule has 0 saturated carbocycles. The minimum Gasteiger partial charge on any atom is -0.390 e. The molecule has 0 amide bonds. The van der Waals surface area contributed by atoms with Gasteiger partial charge in [-0.05, 0) is 24.6 Å². The van der Waals surface area contributed by atoms with Crippen molar-refractivity contribution in [3.8, 4) is 0 Å². The first-order chi connectivity index (χ1) is 8.25. The molecule has 0 radical (unpaired) electrons. The second-order valence-corrected chi connectivity index (χ2v) is 6.77. The summed E-state index contributed by atoms with van der Waals surface area (Å²) in [5.41, 5.74) is 1.13. The van der Waals surface area contributed by atoms with E-state index in [0.717, 1.165) is 6.26 Å². The first kappa shape index (κ1) is 15.6. The molecule has 4 nitrogen and oxygen atoms in total. The lowest BCUT2D eigenvalue weighted by Gasteiger charge is -2.14. The summed E-state index contributed by atoms with van der Waals surface area (Å²) < 4.78 is 23.0. The van der Waals surface area contributed by atoms with Crippen molar-refractivity contribution in [3.63, 3.8) is 0 Å². The van der Waals surface area contributed by atoms with E-state index in [1.807, 2.05) is 0 Å². The third kappa shape index (κ3) is 4.02. The molecule has 1 atom stereocenters. The van der Waals surface area contributed by atoms with Crippen LogP contribution in [0.3, 0.4) is 0 Å². The fraction of sp³-hybridized carbons (Fsp3) is 0.455. The average Bonchev–Trinajstić information content (AvgIpc) is 2.28. The molecular weight excluding hydrogens is 297 g/mol. The summed E-state index contributed by atoms with van der Waals surface area (Å²) in [6.45, 7) is 1.93. The van der Waals surface area contributed by atoms with Gasteiger partial charge >= 0.3 is 0 Å². The Balaban J connectivity index is 3.07. The monoisotopic (exact) mass is 311 g/mol. The topological polar surface area (TPSA) is 66.4 Å². The fourth-order valence-electron chi connectivity index (χ4n) is 1.36. The molecule has 0 heterocycles. The van der Waals surface area contributed by atoms with Gasteiger partial charge in [0.15, 0.2) is 9.84 Å². The van der Waals surface area contributed by atoms with Crippen molar-refractivity contribution in [2.75, 3.05) is 24.0 Å². The molecule has 1 rings (SSSR count). The molecule has 0 spiro atoms. The second-order valence-electron chi connectivity index (χ2n) is 4.06. The van der Waals surface area contributed by atoms with Gasteiger partial charge in [0.2, 0.25) is 0 Å². The Bertz CT molecular complexity index is 531. The molecule has 0 fully saturated rings. The second kappa shape index (κ2) is 6.10. The quantitative estimate of drug-likeness (QED) is 0.817. The van der Waals surface area contributed by atoms with Gasteiger partial charge in [0, 0.05) is 12.8 Å². The lowest BCUT2D eigenvalue weighted by Crippen LogP contribution is -2.21. The summed E-state index contributed by atoms with van der Waals surface area (Å²) in [6, 6.07) is 2.96. The number of aryl methyl sites for hydroxylation is 1. The molecule has 0 aliphatic heterocycles. The summed E-state index contributed by atoms with van der Waals surface area (Å²) >= 11 is 11.5. The maximum Gasteiger partial charge on any atom is 0.175 e. The van der Waals surface area contributed by atoms with Crippen molar-refractivity contribution < 1.29 is 13.5 Å². The minimum atomic E-state index is -3.30. The van der Waals surface area contributed by atoms with Gasteiger partial charge in [-0.3, -0.25) is 0 Å². The number of sulfone groups is 1. The Morgan fingerprint density at radius 1 is 1.44 bits per heavy atom. The van der Waals surface area contributed by atoms with Gasteiger partial charge in [0.1, 0.15) is 0 Å². The van der Waals surface area contributed by atoms with Gasteiger partial charge < -0.3 is 10.4 Å². The first-order valence-electron chi connectivity index (χ1n) is 5.23. The van der Waals surface area contributed by atoms with E-state index < -0.39 is 15.9 Å². The van der Waals surface area contributed by atoms with E-state index in [-0.39, 0.29) is 17.3 Å². The molecule has 0 aromatic heterocycles. The predicted octanol–water partition coefficient (Wildman–Crippen LogP) is 2.06. The number of rotatable bonds is 5. The maximum atomic E-state index is 11.5. The number of alkyl halides is 1. The van der Waals surface area contributed by atoms with E-state index in [1.165, 1.54) is 12.1 Å². The van der Waals surface area contributed by atoms with Crippen molar-refractivity contribution >= 4 is 38.7 Å². The number of aliphatic hydroxyl groups is 1. The fourth-order valence-corrected chi connectivity index (χ4v) is 2.37. The number of hydrogen-bond donors (Lipinski definition) is 2. The van der Waals surface area contributed by atoms with Crippen molar-refractivity contribution in [2.24, 2.45) is 0 Å². The molecular formula is C11H15Cl2NO3S. The molecule has 0 aliphatic rings. The van der Waals surface area contributed by atoms with Gasteiger partial charge in [-0.15, -0.1) is 11.6 Å². The van der Waals surface area contributed by atoms with E-state index in [1.54, 1.807) is 6.92 Å². The summed E-state index contributed by atoms with van der Waals surface area (Å²) in [7, 11) is -3.30. The van der Waals surface area contributed by atoms with Gasteiger partial charge in [0.25, 0.3) is 0 Å². The van der Waals surface area contributed by atoms with Crippen LogP contribution in [-0.2, 0) is 9.84 Å². The molecule has 1 aromatic carbocycles. The van der Waals surface area contributed by atoms with E-state index in [0.29, 0.717) is 16.3 Å². The molecule has 1 unspecified atom stereocenters. The van der Waals surface area contributed by atoms with E-state index >= 15 is 0 Å². The standard InChI is InChI=1S/C11H15Cl2NO3S/c1-7-3-9(18(2,16)17)4-10(11(7)13)14-6-8(15)5-12/h3-4,8,14-15H,5-6H2,1-2H3. The smallest absolute Gasteiger partial charge is 0.175 e. The van der Waals surface area contributed by atoms with Crippen LogP contribution in [0.2, 0.25) is 5.02 Å². The zero-order chi connectivity index (χ0) is 13.9. The van der Waals surface area contributed by atoms with Crippen LogP contribution < -0.4 is 5.32 Å². The SMILES string of the molecule is Cc1cc(S(C)(=O)=O)cc(NCC(O)CCl)c1Cl. The number of halogens is 2. The summed E-state index contributed by atoms with van der Waals surface area (Å²) in [6.07, 6.45) is 0.414. The predicted molar refractivity (Wildman–Crippen MR) is 74.5 cm³/mol. The van der Waals surface area contributed by atoms with E-state index in [9.17, 15) is 13.5 Å². The largest absolute Gasteiger partial charge is 0.390 e. The van der Waals surface area contributed by atoms with E-state index in [2.05, 4.69) is 5.32 Å². The highest BCUT2D eigenvalue weighted by Crippen LogP contribution is 2.29. The minimum absolute atomic E-state index is 0.0926. The normalized spacial score (nSPS) is 13.4. The van der Waals surface area contributed by atoms with Crippen molar-refractivity contribution in [1.29, 1.82) is 0 Å². The highest BCUT2D eigenvalue weighted by Gasteiger charge is 2.13. The number of aliphatic hydroxyl groups excluding tert-OH is 1. The van der Waals surface area contributed by atoms with Gasteiger partial charge in [0.05, 0.1) is 27.6 Å². The number of anilines is 1. The molecule has 1 aromatic rings. The Morgan fingerprint density at radius 2 is 2.06 bits per heavy atom. The van der Waals surface area contributed by atoms with Crippen molar-refractivity contribution in [2.45, 2.75) is 17.9 Å². The van der Waals surface area contributed by atoms with Crippen LogP contribution in [0.1, 0.15) is 5.56 Å². The molecule has 18 heavy (non-hydrogen) atoms. The Labute approximate surface area is 117 Å². The molecule has 0 aliphatic carbocycles. The molecule has 102 valence electrons. The molecule has 0 bridgehead atoms. The third-order valence-corrected chi connectivity index (χ3v) is 4.31. The van der Waals surface area contributed by atoms with Crippen LogP contribution in [0.15, 0.2) is 17.0 Å². The number of benzene rings is 1. The highest BCUT2D eigenvalue weighted by molar-refractivity contribution is 7.90. The van der Waals surface area contributed by atoms with Gasteiger partial charge in [-0.2, -0.15) is 0 Å². The van der Waals surface area contributed by atoms with E-state index in [4.69, 9.17) is 23.2 Å². The zero-order valence-electron chi connectivity index (χ0n) is 10.1. The summed E-state index contributed by atoms with van der Waals surface area (Å²) in [4.78, 5) is 0.187. The van der Waals surface area contributed by atoms with Crippen LogP contribution in [0.4, 0.5) is 5.69 Å². The van der Waals surface area contributed by atoms with Gasteiger partial charge in [-0.1, -0.05) is 11.6 Å². The van der Waals surface area contributed by atoms with Crippen LogP contribution in [0, 0.1) is 6.92 Å². The molecule has 0 saturated heterocycles. The summed E-state index contributed by atoms with van der Waals surface area (Å²) in [5, 5.41) is 12.7. The van der Waals surface area contributed by atoms with Gasteiger partial charge in [-0.25, -0.2) is 8.42 Å². The number of nitrogens with one attached hydrogen (secondary N) is 1. The average molecular weight is 312 g/mol. The third-order valence-electron chi connectivity index (χ3n) is 2.36. The molecule has 7 heteroatoms. The Hall–Kier alpha value is -0.490. The van der Waals surface area contributed by atoms with Crippen LogP contribution in [0.25, 0.3) is 0 Å². The first-order valence-corrected chi connectivity index (χ1v) is 8.04. The van der Waals surface area contributed by atoms with Crippen LogP contribution in [-0.4, -0.2) is 38.3 Å². The lowest BCUT2D eigenvalue weighted by molar-refractivity contribution is 0.211. The highest BCUT2D eigenvalue weighted by atomic mass is 35.5. The lowest BCUT2D eigenvalue weighted by atomic mass is 10.2. The van der Waals surface area contributed by atoms with Crippen LogP contribution >= 0.6 is 23.2 Å². The number of hydrogen-bond acceptors (Lipinski definition) is 4. The van der Waals surface area contributed by atoms with Crippen LogP contribution in [0.5, 0.6) is 0 Å². The van der Waals surface area contributed by atoms with Crippen molar-refractivity contribution in [3.05, 3.63) is 22.7 Å². The maximum absolute atomic E-state index is 11.5. The summed E-state index contributed by atoms with van der Waals surface area (Å²) in [5.74, 6) is 0.0926. The Kier molecular flexibility index (Phi) is 5.28. The Morgan fingerprint density at radius 3 is 2.56 bits per heavy atom. The zero-order valence-corrected chi connectivity index (χ0v) is 12.4. The van der Waals surface area contributed by atoms with Crippen molar-refractivity contribution in [1.82, 2.24) is 0 Å².